The molecular formula is C30H41N7O3. The predicted molar refractivity (Wildman–Crippen MR) is 157 cm³/mol. The third kappa shape index (κ3) is 7.31. The number of amides is 1. The zero-order chi connectivity index (χ0) is 28.8. The van der Waals surface area contributed by atoms with Crippen LogP contribution in [0.15, 0.2) is 48.6 Å². The van der Waals surface area contributed by atoms with Gasteiger partial charge in [0.1, 0.15) is 12.4 Å². The lowest BCUT2D eigenvalue weighted by Crippen LogP contribution is -2.40. The van der Waals surface area contributed by atoms with Gasteiger partial charge in [-0.05, 0) is 42.5 Å². The molecule has 4 rings (SSSR count). The molecule has 0 atom stereocenters. The van der Waals surface area contributed by atoms with Gasteiger partial charge >= 0.3 is 5.97 Å². The summed E-state index contributed by atoms with van der Waals surface area (Å²) < 4.78 is 5.49. The molecular weight excluding hydrogens is 506 g/mol. The summed E-state index contributed by atoms with van der Waals surface area (Å²) in [7, 11) is 2.00. The van der Waals surface area contributed by atoms with E-state index in [2.05, 4.69) is 49.4 Å². The van der Waals surface area contributed by atoms with Gasteiger partial charge in [-0.1, -0.05) is 27.4 Å². The fraction of sp³-hybridized carbons (Fsp3) is 0.467. The van der Waals surface area contributed by atoms with Gasteiger partial charge in [-0.3, -0.25) is 19.6 Å². The molecule has 1 amide bonds. The van der Waals surface area contributed by atoms with Crippen molar-refractivity contribution in [3.8, 4) is 0 Å². The minimum absolute atomic E-state index is 0.00736. The highest BCUT2D eigenvalue weighted by Crippen LogP contribution is 2.39. The Morgan fingerprint density at radius 2 is 2.10 bits per heavy atom. The van der Waals surface area contributed by atoms with E-state index in [0.29, 0.717) is 36.9 Å². The zero-order valence-corrected chi connectivity index (χ0v) is 24.2. The number of pyridine rings is 1. The van der Waals surface area contributed by atoms with Crippen molar-refractivity contribution in [2.24, 2.45) is 5.92 Å². The highest BCUT2D eigenvalue weighted by atomic mass is 16.5. The lowest BCUT2D eigenvalue weighted by atomic mass is 9.98. The summed E-state index contributed by atoms with van der Waals surface area (Å²) in [4.78, 5) is 33.7. The second-order valence-electron chi connectivity index (χ2n) is 10.7. The summed E-state index contributed by atoms with van der Waals surface area (Å²) in [6.45, 7) is 12.7. The summed E-state index contributed by atoms with van der Waals surface area (Å²) >= 11 is 0. The fourth-order valence-electron chi connectivity index (χ4n) is 4.62. The Hall–Kier alpha value is -4.08. The number of allylic oxidation sites excluding steroid dienone is 3. The monoisotopic (exact) mass is 547 g/mol. The molecule has 1 fully saturated rings. The maximum absolute atomic E-state index is 13.4. The van der Waals surface area contributed by atoms with Gasteiger partial charge in [0.15, 0.2) is 5.82 Å². The van der Waals surface area contributed by atoms with Crippen LogP contribution in [0.3, 0.4) is 0 Å². The van der Waals surface area contributed by atoms with Gasteiger partial charge in [0, 0.05) is 80.0 Å². The molecule has 0 saturated heterocycles. The van der Waals surface area contributed by atoms with Gasteiger partial charge in [-0.15, -0.1) is 0 Å². The van der Waals surface area contributed by atoms with Crippen molar-refractivity contribution in [3.05, 3.63) is 65.4 Å². The van der Waals surface area contributed by atoms with E-state index in [4.69, 9.17) is 4.74 Å². The molecule has 3 heterocycles. The van der Waals surface area contributed by atoms with Crippen molar-refractivity contribution in [2.75, 3.05) is 36.9 Å². The summed E-state index contributed by atoms with van der Waals surface area (Å²) in [6, 6.07) is 3.97. The van der Waals surface area contributed by atoms with Crippen LogP contribution in [-0.2, 0) is 20.9 Å². The average Bonchev–Trinajstić information content (AvgIpc) is 3.67. The molecule has 3 N–H and O–H groups in total. The summed E-state index contributed by atoms with van der Waals surface area (Å²) in [5, 5.41) is 14.3. The first-order chi connectivity index (χ1) is 19.2. The number of hydrogen-bond acceptors (Lipinski definition) is 8. The van der Waals surface area contributed by atoms with Crippen molar-refractivity contribution >= 4 is 29.1 Å². The van der Waals surface area contributed by atoms with Crippen molar-refractivity contribution in [3.63, 3.8) is 0 Å². The molecule has 0 unspecified atom stereocenters. The molecule has 0 bridgehead atoms. The van der Waals surface area contributed by atoms with Crippen LogP contribution in [0, 0.1) is 5.92 Å². The number of nitrogens with one attached hydrogen (secondary N) is 3. The van der Waals surface area contributed by atoms with Gasteiger partial charge < -0.3 is 20.3 Å². The maximum atomic E-state index is 13.4. The van der Waals surface area contributed by atoms with E-state index in [1.165, 1.54) is 19.8 Å². The number of likely N-dealkylation sites (N-methyl/N-ethyl adjacent to an activating group) is 1. The normalized spacial score (nSPS) is 14.9. The molecule has 2 aromatic rings. The van der Waals surface area contributed by atoms with E-state index in [9.17, 15) is 9.59 Å². The first-order valence-electron chi connectivity index (χ1n) is 14.0. The summed E-state index contributed by atoms with van der Waals surface area (Å²) in [5.41, 5.74) is 5.47. The van der Waals surface area contributed by atoms with Crippen molar-refractivity contribution in [1.29, 1.82) is 0 Å². The van der Waals surface area contributed by atoms with Crippen LogP contribution in [0.4, 0.5) is 11.6 Å². The number of nitrogens with zero attached hydrogens (tertiary/aromatic N) is 4. The minimum atomic E-state index is -0.402. The lowest BCUT2D eigenvalue weighted by Gasteiger charge is -2.29. The first kappa shape index (κ1) is 28.9. The number of anilines is 2. The topological polar surface area (TPSA) is 115 Å². The highest BCUT2D eigenvalue weighted by Gasteiger charge is 2.27. The van der Waals surface area contributed by atoms with Crippen LogP contribution in [0.5, 0.6) is 0 Å². The SMILES string of the molecule is C=C(CC)NCCN(C(=O)C(C)C)c1nccc(C2=CN(C)CC(Nc3cc(C4CC4)[nH]n3)=C2)c1COC(C)=O. The first-order valence-corrected chi connectivity index (χ1v) is 14.0. The largest absolute Gasteiger partial charge is 0.461 e. The quantitative estimate of drug-likeness (QED) is 0.313. The Morgan fingerprint density at radius 1 is 1.32 bits per heavy atom. The number of H-pyrrole nitrogens is 1. The Kier molecular flexibility index (Phi) is 9.29. The number of aromatic nitrogens is 3. The van der Waals surface area contributed by atoms with Gasteiger partial charge in [0.2, 0.25) is 5.91 Å². The molecule has 2 aromatic heterocycles. The smallest absolute Gasteiger partial charge is 0.302 e. The fourth-order valence-corrected chi connectivity index (χ4v) is 4.62. The van der Waals surface area contributed by atoms with E-state index < -0.39 is 5.97 Å². The molecule has 10 heteroatoms. The van der Waals surface area contributed by atoms with E-state index in [0.717, 1.165) is 40.5 Å². The van der Waals surface area contributed by atoms with Gasteiger partial charge in [-0.25, -0.2) is 4.98 Å². The number of esters is 1. The second-order valence-corrected chi connectivity index (χ2v) is 10.7. The highest BCUT2D eigenvalue weighted by molar-refractivity contribution is 5.95. The molecule has 10 nitrogen and oxygen atoms in total. The van der Waals surface area contributed by atoms with Crippen LogP contribution >= 0.6 is 0 Å². The number of carbonyl (C=O) groups excluding carboxylic acids is 2. The number of hydrogen-bond donors (Lipinski definition) is 3. The summed E-state index contributed by atoms with van der Waals surface area (Å²) in [6.07, 6.45) is 9.03. The Bertz CT molecular complexity index is 1310. The van der Waals surface area contributed by atoms with Crippen molar-refractivity contribution in [2.45, 2.75) is 59.5 Å². The molecule has 40 heavy (non-hydrogen) atoms. The molecule has 0 aromatic carbocycles. The van der Waals surface area contributed by atoms with Crippen LogP contribution in [0.25, 0.3) is 5.57 Å². The Labute approximate surface area is 236 Å². The summed E-state index contributed by atoms with van der Waals surface area (Å²) in [5.74, 6) is 1.16. The third-order valence-electron chi connectivity index (χ3n) is 6.93. The average molecular weight is 548 g/mol. The van der Waals surface area contributed by atoms with Gasteiger partial charge in [-0.2, -0.15) is 5.10 Å². The van der Waals surface area contributed by atoms with Crippen LogP contribution in [-0.4, -0.2) is 58.6 Å². The van der Waals surface area contributed by atoms with Crippen LogP contribution in [0.1, 0.15) is 69.7 Å². The molecule has 1 aliphatic heterocycles. The van der Waals surface area contributed by atoms with Gasteiger partial charge in [0.25, 0.3) is 0 Å². The van der Waals surface area contributed by atoms with Crippen LogP contribution < -0.4 is 15.5 Å². The van der Waals surface area contributed by atoms with Gasteiger partial charge in [0.05, 0.1) is 6.54 Å². The Morgan fingerprint density at radius 3 is 2.77 bits per heavy atom. The minimum Gasteiger partial charge on any atom is -0.461 e. The van der Waals surface area contributed by atoms with E-state index >= 15 is 0 Å². The standard InChI is InChI=1S/C30H41N7O3/c1-7-20(4)31-12-13-37(30(39)19(2)3)29-26(18-40-21(5)38)25(10-11-32-29)23-14-24(17-36(6)16-23)33-28-15-27(34-35-28)22-8-9-22/h10-11,14-16,19,22,31H,4,7-9,12-13,17-18H2,1-3,5-6H3,(H2,33,34,35). The molecule has 0 radical (unpaired) electrons. The third-order valence-corrected chi connectivity index (χ3v) is 6.93. The molecule has 2 aliphatic rings. The van der Waals surface area contributed by atoms with Crippen LogP contribution in [0.2, 0.25) is 0 Å². The van der Waals surface area contributed by atoms with Crippen molar-refractivity contribution in [1.82, 2.24) is 25.4 Å². The van der Waals surface area contributed by atoms with E-state index in [-0.39, 0.29) is 18.4 Å². The van der Waals surface area contributed by atoms with E-state index in [1.54, 1.807) is 11.1 Å². The number of carbonyl (C=O) groups is 2. The number of ether oxygens (including phenoxy) is 1. The predicted octanol–water partition coefficient (Wildman–Crippen LogP) is 4.53. The number of rotatable bonds is 13. The number of aromatic amines is 1. The zero-order valence-electron chi connectivity index (χ0n) is 24.2. The van der Waals surface area contributed by atoms with E-state index in [1.807, 2.05) is 40.1 Å². The Balaban J connectivity index is 1.69. The second kappa shape index (κ2) is 12.8. The molecule has 214 valence electrons. The molecule has 0 spiro atoms. The molecule has 1 aliphatic carbocycles. The maximum Gasteiger partial charge on any atom is 0.302 e. The lowest BCUT2D eigenvalue weighted by molar-refractivity contribution is -0.142. The van der Waals surface area contributed by atoms with Crippen molar-refractivity contribution < 1.29 is 14.3 Å². The molecule has 1 saturated carbocycles.